The normalized spacial score (nSPS) is 24.6. The summed E-state index contributed by atoms with van der Waals surface area (Å²) in [4.78, 5) is 0. The van der Waals surface area contributed by atoms with Crippen LogP contribution in [-0.4, -0.2) is 25.8 Å². The second kappa shape index (κ2) is 8.08. The third-order valence-corrected chi connectivity index (χ3v) is 3.94. The van der Waals surface area contributed by atoms with Crippen LogP contribution < -0.4 is 5.32 Å². The predicted molar refractivity (Wildman–Crippen MR) is 69.7 cm³/mol. The molecular weight excluding hydrogens is 198 g/mol. The minimum atomic E-state index is 0.623. The second-order valence-electron chi connectivity index (χ2n) is 5.24. The summed E-state index contributed by atoms with van der Waals surface area (Å²) in [7, 11) is 0. The third kappa shape index (κ3) is 4.84. The fourth-order valence-electron chi connectivity index (χ4n) is 2.41. The summed E-state index contributed by atoms with van der Waals surface area (Å²) < 4.78 is 5.44. The second-order valence-corrected chi connectivity index (χ2v) is 5.24. The molecule has 0 saturated carbocycles. The lowest BCUT2D eigenvalue weighted by Crippen LogP contribution is -2.37. The first-order valence-corrected chi connectivity index (χ1v) is 7.09. The molecule has 0 aromatic rings. The van der Waals surface area contributed by atoms with Crippen LogP contribution in [0.3, 0.4) is 0 Å². The van der Waals surface area contributed by atoms with Gasteiger partial charge in [-0.2, -0.15) is 0 Å². The van der Waals surface area contributed by atoms with Crippen molar-refractivity contribution in [3.05, 3.63) is 0 Å². The van der Waals surface area contributed by atoms with E-state index in [0.29, 0.717) is 6.04 Å². The summed E-state index contributed by atoms with van der Waals surface area (Å²) >= 11 is 0. The van der Waals surface area contributed by atoms with Crippen LogP contribution in [0.15, 0.2) is 0 Å². The van der Waals surface area contributed by atoms with Gasteiger partial charge in [0.15, 0.2) is 0 Å². The van der Waals surface area contributed by atoms with E-state index in [1.807, 2.05) is 0 Å². The minimum absolute atomic E-state index is 0.623. The molecule has 1 N–H and O–H groups in total. The molecule has 96 valence electrons. The van der Waals surface area contributed by atoms with Crippen molar-refractivity contribution >= 4 is 0 Å². The van der Waals surface area contributed by atoms with Gasteiger partial charge in [0.25, 0.3) is 0 Å². The van der Waals surface area contributed by atoms with Crippen molar-refractivity contribution in [2.45, 2.75) is 58.9 Å². The molecule has 0 amide bonds. The van der Waals surface area contributed by atoms with Gasteiger partial charge in [-0.05, 0) is 38.1 Å². The van der Waals surface area contributed by atoms with Crippen LogP contribution in [0.5, 0.6) is 0 Å². The van der Waals surface area contributed by atoms with Crippen LogP contribution in [-0.2, 0) is 4.74 Å². The summed E-state index contributed by atoms with van der Waals surface area (Å²) in [6.45, 7) is 10.0. The van der Waals surface area contributed by atoms with Gasteiger partial charge in [-0.3, -0.25) is 0 Å². The molecule has 1 fully saturated rings. The van der Waals surface area contributed by atoms with Crippen molar-refractivity contribution in [2.24, 2.45) is 11.8 Å². The molecule has 1 heterocycles. The van der Waals surface area contributed by atoms with Crippen LogP contribution in [0.4, 0.5) is 0 Å². The third-order valence-electron chi connectivity index (χ3n) is 3.94. The number of rotatable bonds is 8. The fourth-order valence-corrected chi connectivity index (χ4v) is 2.41. The minimum Gasteiger partial charge on any atom is -0.381 e. The first-order valence-electron chi connectivity index (χ1n) is 7.09. The van der Waals surface area contributed by atoms with Crippen LogP contribution in [0.25, 0.3) is 0 Å². The van der Waals surface area contributed by atoms with E-state index in [-0.39, 0.29) is 0 Å². The zero-order valence-electron chi connectivity index (χ0n) is 11.3. The van der Waals surface area contributed by atoms with Crippen LogP contribution in [0, 0.1) is 11.8 Å². The van der Waals surface area contributed by atoms with E-state index in [4.69, 9.17) is 4.74 Å². The summed E-state index contributed by atoms with van der Waals surface area (Å²) in [6, 6.07) is 0.623. The van der Waals surface area contributed by atoms with Crippen LogP contribution in [0.1, 0.15) is 52.9 Å². The van der Waals surface area contributed by atoms with E-state index < -0.39 is 0 Å². The average molecular weight is 227 g/mol. The molecule has 1 saturated heterocycles. The van der Waals surface area contributed by atoms with Crippen molar-refractivity contribution in [1.82, 2.24) is 5.32 Å². The van der Waals surface area contributed by atoms with Gasteiger partial charge < -0.3 is 10.1 Å². The Morgan fingerprint density at radius 3 is 2.75 bits per heavy atom. The number of hydrogen-bond acceptors (Lipinski definition) is 2. The van der Waals surface area contributed by atoms with Crippen molar-refractivity contribution < 1.29 is 4.74 Å². The standard InChI is InChI=1S/C14H29NO/c1-4-6-7-13(5-2)10-15-12(3)14-8-9-16-11-14/h12-15H,4-11H2,1-3H3. The van der Waals surface area contributed by atoms with Crippen molar-refractivity contribution in [1.29, 1.82) is 0 Å². The smallest absolute Gasteiger partial charge is 0.0509 e. The Morgan fingerprint density at radius 2 is 2.19 bits per heavy atom. The lowest BCUT2D eigenvalue weighted by molar-refractivity contribution is 0.177. The zero-order chi connectivity index (χ0) is 11.8. The Kier molecular flexibility index (Phi) is 7.06. The maximum atomic E-state index is 5.44. The Hall–Kier alpha value is -0.0800. The molecule has 1 aliphatic heterocycles. The van der Waals surface area contributed by atoms with Gasteiger partial charge in [0.1, 0.15) is 0 Å². The highest BCUT2D eigenvalue weighted by Gasteiger charge is 2.22. The highest BCUT2D eigenvalue weighted by atomic mass is 16.5. The van der Waals surface area contributed by atoms with E-state index in [0.717, 1.165) is 25.0 Å². The van der Waals surface area contributed by atoms with Crippen molar-refractivity contribution in [3.8, 4) is 0 Å². The molecule has 0 bridgehead atoms. The summed E-state index contributed by atoms with van der Waals surface area (Å²) in [5.41, 5.74) is 0. The van der Waals surface area contributed by atoms with Gasteiger partial charge in [-0.1, -0.05) is 33.1 Å². The molecule has 0 aromatic heterocycles. The van der Waals surface area contributed by atoms with Crippen LogP contribution >= 0.6 is 0 Å². The molecule has 0 aromatic carbocycles. The van der Waals surface area contributed by atoms with Gasteiger partial charge in [-0.25, -0.2) is 0 Å². The van der Waals surface area contributed by atoms with Gasteiger partial charge in [0.2, 0.25) is 0 Å². The molecule has 0 aliphatic carbocycles. The molecule has 1 rings (SSSR count). The molecule has 16 heavy (non-hydrogen) atoms. The quantitative estimate of drug-likeness (QED) is 0.687. The first-order chi connectivity index (χ1) is 7.77. The molecular formula is C14H29NO. The van der Waals surface area contributed by atoms with E-state index in [2.05, 4.69) is 26.1 Å². The summed E-state index contributed by atoms with van der Waals surface area (Å²) in [6.07, 6.45) is 6.62. The molecule has 0 radical (unpaired) electrons. The van der Waals surface area contributed by atoms with Gasteiger partial charge in [-0.15, -0.1) is 0 Å². The number of ether oxygens (including phenoxy) is 1. The van der Waals surface area contributed by atoms with Gasteiger partial charge in [0, 0.05) is 12.6 Å². The van der Waals surface area contributed by atoms with E-state index in [1.54, 1.807) is 0 Å². The maximum absolute atomic E-state index is 5.44. The zero-order valence-corrected chi connectivity index (χ0v) is 11.3. The van der Waals surface area contributed by atoms with Crippen molar-refractivity contribution in [2.75, 3.05) is 19.8 Å². The molecule has 2 heteroatoms. The SMILES string of the molecule is CCCCC(CC)CNC(C)C1CCOC1. The van der Waals surface area contributed by atoms with E-state index in [9.17, 15) is 0 Å². The van der Waals surface area contributed by atoms with E-state index >= 15 is 0 Å². The lowest BCUT2D eigenvalue weighted by atomic mass is 9.96. The average Bonchev–Trinajstić information content (AvgIpc) is 2.82. The number of nitrogens with one attached hydrogen (secondary N) is 1. The van der Waals surface area contributed by atoms with Crippen molar-refractivity contribution in [3.63, 3.8) is 0 Å². The molecule has 1 aliphatic rings. The molecule has 0 spiro atoms. The highest BCUT2D eigenvalue weighted by Crippen LogP contribution is 2.17. The predicted octanol–water partition coefficient (Wildman–Crippen LogP) is 3.22. The molecule has 2 nitrogen and oxygen atoms in total. The lowest BCUT2D eigenvalue weighted by Gasteiger charge is -2.23. The summed E-state index contributed by atoms with van der Waals surface area (Å²) in [5, 5.41) is 3.70. The van der Waals surface area contributed by atoms with Gasteiger partial charge >= 0.3 is 0 Å². The Morgan fingerprint density at radius 1 is 1.38 bits per heavy atom. The Bertz CT molecular complexity index is 166. The fraction of sp³-hybridized carbons (Fsp3) is 1.00. The monoisotopic (exact) mass is 227 g/mol. The first kappa shape index (κ1) is 14.0. The Labute approximate surface area is 101 Å². The molecule has 3 unspecified atom stereocenters. The highest BCUT2D eigenvalue weighted by molar-refractivity contribution is 4.76. The summed E-state index contributed by atoms with van der Waals surface area (Å²) in [5.74, 6) is 1.61. The van der Waals surface area contributed by atoms with E-state index in [1.165, 1.54) is 38.6 Å². The van der Waals surface area contributed by atoms with Crippen LogP contribution in [0.2, 0.25) is 0 Å². The molecule has 3 atom stereocenters. The van der Waals surface area contributed by atoms with Gasteiger partial charge in [0.05, 0.1) is 6.61 Å². The topological polar surface area (TPSA) is 21.3 Å². The maximum Gasteiger partial charge on any atom is 0.0509 e. The number of unbranched alkanes of at least 4 members (excludes halogenated alkanes) is 1. The largest absolute Gasteiger partial charge is 0.381 e. The Balaban J connectivity index is 2.14. The number of hydrogen-bond donors (Lipinski definition) is 1.